The van der Waals surface area contributed by atoms with E-state index >= 15 is 0 Å². The van der Waals surface area contributed by atoms with Crippen LogP contribution in [0, 0.1) is 5.92 Å². The molecule has 3 aromatic heterocycles. The number of methoxy groups -OCH3 is 1. The Bertz CT molecular complexity index is 1160. The molecule has 1 saturated heterocycles. The Kier molecular flexibility index (Phi) is 6.87. The normalized spacial score (nSPS) is 21.8. The fraction of sp³-hybridized carbons (Fsp3) is 0.583. The minimum Gasteiger partial charge on any atom is -0.478 e. The fourth-order valence-electron chi connectivity index (χ4n) is 5.17. The van der Waals surface area contributed by atoms with Crippen LogP contribution in [0.5, 0.6) is 5.88 Å². The summed E-state index contributed by atoms with van der Waals surface area (Å²) in [5, 5.41) is 21.6. The number of anilines is 3. The maximum absolute atomic E-state index is 11.7. The second kappa shape index (κ2) is 10.2. The summed E-state index contributed by atoms with van der Waals surface area (Å²) in [6.45, 7) is 2.31. The van der Waals surface area contributed by atoms with Crippen LogP contribution in [0.15, 0.2) is 12.4 Å². The van der Waals surface area contributed by atoms with Gasteiger partial charge in [-0.1, -0.05) is 0 Å². The van der Waals surface area contributed by atoms with E-state index in [-0.39, 0.29) is 12.6 Å². The second-order valence-corrected chi connectivity index (χ2v) is 9.72. The van der Waals surface area contributed by atoms with E-state index in [2.05, 4.69) is 37.6 Å². The smallest absolute Gasteiger partial charge is 0.256 e. The van der Waals surface area contributed by atoms with Gasteiger partial charge < -0.3 is 30.4 Å². The zero-order valence-corrected chi connectivity index (χ0v) is 20.3. The van der Waals surface area contributed by atoms with Crippen molar-refractivity contribution in [1.29, 1.82) is 0 Å². The summed E-state index contributed by atoms with van der Waals surface area (Å²) >= 11 is 0. The molecule has 35 heavy (non-hydrogen) atoms. The third-order valence-electron chi connectivity index (χ3n) is 7.33. The molecule has 1 aliphatic carbocycles. The third kappa shape index (κ3) is 4.96. The van der Waals surface area contributed by atoms with E-state index in [9.17, 15) is 9.90 Å². The Labute approximate surface area is 204 Å². The Hall–Kier alpha value is -3.18. The number of H-pyrrole nitrogens is 1. The number of fused-ring (bicyclic) bond motifs is 1. The minimum atomic E-state index is 0.222. The first-order valence-corrected chi connectivity index (χ1v) is 12.4. The monoisotopic (exact) mass is 482 g/mol. The molecular weight excluding hydrogens is 448 g/mol. The van der Waals surface area contributed by atoms with Gasteiger partial charge >= 0.3 is 0 Å². The number of piperidine rings is 1. The summed E-state index contributed by atoms with van der Waals surface area (Å²) < 4.78 is 7.52. The van der Waals surface area contributed by atoms with Gasteiger partial charge in [0.25, 0.3) is 5.88 Å². The highest BCUT2D eigenvalue weighted by molar-refractivity contribution is 6.02. The van der Waals surface area contributed by atoms with Crippen molar-refractivity contribution in [1.82, 2.24) is 29.6 Å². The highest BCUT2D eigenvalue weighted by atomic mass is 16.5. The number of aldehydes is 1. The van der Waals surface area contributed by atoms with E-state index in [0.717, 1.165) is 57.9 Å². The van der Waals surface area contributed by atoms with Crippen molar-refractivity contribution in [2.24, 2.45) is 5.92 Å². The number of aromatic nitrogens is 5. The summed E-state index contributed by atoms with van der Waals surface area (Å²) in [7, 11) is 3.74. The summed E-state index contributed by atoms with van der Waals surface area (Å²) in [4.78, 5) is 26.5. The van der Waals surface area contributed by atoms with Crippen LogP contribution in [0.1, 0.15) is 54.9 Å². The molecule has 0 bridgehead atoms. The van der Waals surface area contributed by atoms with Gasteiger partial charge in [0.2, 0.25) is 5.95 Å². The molecule has 3 aromatic rings. The molecule has 0 amide bonds. The first-order chi connectivity index (χ1) is 17.1. The lowest BCUT2D eigenvalue weighted by atomic mass is 9.86. The summed E-state index contributed by atoms with van der Waals surface area (Å²) in [6, 6.07) is 0.545. The zero-order chi connectivity index (χ0) is 24.4. The van der Waals surface area contributed by atoms with E-state index in [1.165, 1.54) is 0 Å². The number of rotatable bonds is 8. The van der Waals surface area contributed by atoms with Crippen LogP contribution >= 0.6 is 0 Å². The number of ether oxygens (including phenoxy) is 1. The Morgan fingerprint density at radius 1 is 1.20 bits per heavy atom. The molecule has 4 N–H and O–H groups in total. The van der Waals surface area contributed by atoms with Gasteiger partial charge in [-0.2, -0.15) is 9.97 Å². The van der Waals surface area contributed by atoms with Crippen LogP contribution in [0.2, 0.25) is 0 Å². The van der Waals surface area contributed by atoms with Gasteiger partial charge in [0.1, 0.15) is 17.2 Å². The second-order valence-electron chi connectivity index (χ2n) is 9.72. The lowest BCUT2D eigenvalue weighted by molar-refractivity contribution is 0.112. The van der Waals surface area contributed by atoms with Gasteiger partial charge in [0, 0.05) is 24.4 Å². The lowest BCUT2D eigenvalue weighted by Gasteiger charge is -2.28. The molecule has 2 aliphatic rings. The van der Waals surface area contributed by atoms with E-state index in [1.807, 2.05) is 10.9 Å². The molecule has 188 valence electrons. The standard InChI is InChI=1S/C24H34N8O3/c1-31-9-7-18(8-10-31)32-12-19(23(30-32)35-2)27-24-28-21-20(16(14-34)11-25-21)22(29-24)26-17-5-3-15(13-33)4-6-17/h11-12,14-15,17-18,33H,3-10,13H2,1-2H3,(H3,25,26,27,28,29). The van der Waals surface area contributed by atoms with Gasteiger partial charge in [-0.15, -0.1) is 5.10 Å². The van der Waals surface area contributed by atoms with Crippen LogP contribution in [0.3, 0.4) is 0 Å². The van der Waals surface area contributed by atoms with Gasteiger partial charge in [0.15, 0.2) is 6.29 Å². The third-order valence-corrected chi connectivity index (χ3v) is 7.33. The van der Waals surface area contributed by atoms with Crippen molar-refractivity contribution in [3.63, 3.8) is 0 Å². The van der Waals surface area contributed by atoms with Crippen LogP contribution in [-0.4, -0.2) is 80.9 Å². The Balaban J connectivity index is 1.41. The average molecular weight is 483 g/mol. The Morgan fingerprint density at radius 3 is 2.66 bits per heavy atom. The predicted molar refractivity (Wildman–Crippen MR) is 134 cm³/mol. The van der Waals surface area contributed by atoms with Crippen LogP contribution < -0.4 is 15.4 Å². The molecule has 0 spiro atoms. The highest BCUT2D eigenvalue weighted by Crippen LogP contribution is 2.33. The highest BCUT2D eigenvalue weighted by Gasteiger charge is 2.24. The maximum Gasteiger partial charge on any atom is 0.256 e. The first-order valence-electron chi connectivity index (χ1n) is 12.4. The molecule has 0 atom stereocenters. The predicted octanol–water partition coefficient (Wildman–Crippen LogP) is 2.95. The number of carbonyl (C=O) groups excluding carboxylic acids is 1. The van der Waals surface area contributed by atoms with Crippen molar-refractivity contribution in [2.75, 3.05) is 44.5 Å². The number of hydrogen-bond donors (Lipinski definition) is 4. The van der Waals surface area contributed by atoms with Crippen LogP contribution in [0.4, 0.5) is 17.5 Å². The van der Waals surface area contributed by atoms with Crippen LogP contribution in [-0.2, 0) is 0 Å². The molecule has 11 heteroatoms. The number of likely N-dealkylation sites (tertiary alicyclic amines) is 1. The lowest BCUT2D eigenvalue weighted by Crippen LogP contribution is -2.31. The molecular formula is C24H34N8O3. The minimum absolute atomic E-state index is 0.222. The zero-order valence-electron chi connectivity index (χ0n) is 20.3. The molecule has 4 heterocycles. The van der Waals surface area contributed by atoms with E-state index in [4.69, 9.17) is 9.72 Å². The topological polar surface area (TPSA) is 133 Å². The van der Waals surface area contributed by atoms with Crippen molar-refractivity contribution in [2.45, 2.75) is 50.6 Å². The maximum atomic E-state index is 11.7. The first kappa shape index (κ1) is 23.6. The SMILES string of the molecule is COc1nn(C2CCN(C)CC2)cc1Nc1nc(NC2CCC(CO)CC2)c2c(C=O)c[nH]c2n1. The molecule has 0 aromatic carbocycles. The van der Waals surface area contributed by atoms with Gasteiger partial charge in [-0.05, 0) is 64.6 Å². The van der Waals surface area contributed by atoms with Crippen LogP contribution in [0.25, 0.3) is 11.0 Å². The molecule has 2 fully saturated rings. The fourth-order valence-corrected chi connectivity index (χ4v) is 5.17. The largest absolute Gasteiger partial charge is 0.478 e. The average Bonchev–Trinajstić information content (AvgIpc) is 3.49. The van der Waals surface area contributed by atoms with E-state index < -0.39 is 0 Å². The van der Waals surface area contributed by atoms with Crippen molar-refractivity contribution >= 4 is 34.8 Å². The Morgan fingerprint density at radius 2 is 1.97 bits per heavy atom. The molecule has 0 unspecified atom stereocenters. The number of aliphatic hydroxyl groups excluding tert-OH is 1. The summed E-state index contributed by atoms with van der Waals surface area (Å²) in [5.41, 5.74) is 1.80. The number of nitrogens with zero attached hydrogens (tertiary/aromatic N) is 5. The van der Waals surface area contributed by atoms with Gasteiger partial charge in [-0.25, -0.2) is 0 Å². The van der Waals surface area contributed by atoms with E-state index in [1.54, 1.807) is 13.3 Å². The van der Waals surface area contributed by atoms with Gasteiger partial charge in [0.05, 0.1) is 24.7 Å². The molecule has 1 aliphatic heterocycles. The molecule has 0 radical (unpaired) electrons. The van der Waals surface area contributed by atoms with E-state index in [0.29, 0.717) is 51.9 Å². The van der Waals surface area contributed by atoms with Crippen molar-refractivity contribution in [3.8, 4) is 5.88 Å². The number of aliphatic hydroxyl groups is 1. The van der Waals surface area contributed by atoms with Crippen molar-refractivity contribution < 1.29 is 14.6 Å². The summed E-state index contributed by atoms with van der Waals surface area (Å²) in [5.74, 6) is 1.87. The number of nitrogens with one attached hydrogen (secondary N) is 3. The molecule has 5 rings (SSSR count). The quantitative estimate of drug-likeness (QED) is 0.358. The summed E-state index contributed by atoms with van der Waals surface area (Å²) in [6.07, 6.45) is 10.3. The van der Waals surface area contributed by atoms with Crippen molar-refractivity contribution in [3.05, 3.63) is 18.0 Å². The number of carbonyl (C=O) groups is 1. The molecule has 11 nitrogen and oxygen atoms in total. The number of aromatic amines is 1. The molecule has 1 saturated carbocycles. The van der Waals surface area contributed by atoms with Gasteiger partial charge in [-0.3, -0.25) is 9.48 Å². The number of hydrogen-bond acceptors (Lipinski definition) is 9.